The van der Waals surface area contributed by atoms with Gasteiger partial charge in [0.2, 0.25) is 10.0 Å². The molecular formula is C23H28N2O2S. The van der Waals surface area contributed by atoms with Gasteiger partial charge < -0.3 is 4.90 Å². The van der Waals surface area contributed by atoms with Gasteiger partial charge in [-0.25, -0.2) is 8.42 Å². The first-order chi connectivity index (χ1) is 13.5. The van der Waals surface area contributed by atoms with Gasteiger partial charge in [-0.05, 0) is 62.2 Å². The van der Waals surface area contributed by atoms with E-state index in [1.54, 1.807) is 0 Å². The molecule has 0 amide bonds. The Morgan fingerprint density at radius 3 is 2.39 bits per heavy atom. The molecule has 4 nitrogen and oxygen atoms in total. The molecule has 28 heavy (non-hydrogen) atoms. The van der Waals surface area contributed by atoms with Crippen molar-refractivity contribution in [2.45, 2.75) is 24.7 Å². The summed E-state index contributed by atoms with van der Waals surface area (Å²) in [6.07, 6.45) is 9.06. The number of fused-ring (bicyclic) bond motifs is 2. The molecule has 2 aromatic carbocycles. The van der Waals surface area contributed by atoms with E-state index >= 15 is 0 Å². The summed E-state index contributed by atoms with van der Waals surface area (Å²) in [5.74, 6) is 0. The Morgan fingerprint density at radius 1 is 1.00 bits per heavy atom. The lowest BCUT2D eigenvalue weighted by Gasteiger charge is -2.39. The number of benzene rings is 2. The highest BCUT2D eigenvalue weighted by Gasteiger charge is 2.37. The van der Waals surface area contributed by atoms with Crippen LogP contribution in [0.15, 0.2) is 60.7 Å². The Bertz CT molecular complexity index is 946. The summed E-state index contributed by atoms with van der Waals surface area (Å²) < 4.78 is 25.9. The van der Waals surface area contributed by atoms with E-state index in [0.29, 0.717) is 6.54 Å². The summed E-state index contributed by atoms with van der Waals surface area (Å²) in [5, 5.41) is 0. The maximum Gasteiger partial charge on any atom is 0.232 e. The molecule has 1 spiro atoms. The summed E-state index contributed by atoms with van der Waals surface area (Å²) in [6, 6.07) is 18.1. The van der Waals surface area contributed by atoms with Gasteiger partial charge in [-0.2, -0.15) is 0 Å². The van der Waals surface area contributed by atoms with Crippen molar-refractivity contribution in [3.63, 3.8) is 0 Å². The standard InChI is InChI=1S/C23H28N2O2S/c1-28(26,27)25(21-9-3-2-4-10-21)17-7-16-24-18-14-23(15-19-24)13-12-20-8-5-6-11-22(20)23/h2-6,8-13H,7,14-19H2,1H3. The molecule has 0 aromatic heterocycles. The molecule has 2 aromatic rings. The van der Waals surface area contributed by atoms with Crippen LogP contribution < -0.4 is 4.31 Å². The van der Waals surface area contributed by atoms with E-state index in [4.69, 9.17) is 0 Å². The van der Waals surface area contributed by atoms with Gasteiger partial charge in [0.05, 0.1) is 11.9 Å². The van der Waals surface area contributed by atoms with E-state index in [9.17, 15) is 8.42 Å². The van der Waals surface area contributed by atoms with Gasteiger partial charge in [-0.15, -0.1) is 0 Å². The van der Waals surface area contributed by atoms with E-state index in [2.05, 4.69) is 41.3 Å². The maximum atomic E-state index is 12.2. The molecule has 148 valence electrons. The lowest BCUT2D eigenvalue weighted by molar-refractivity contribution is 0.183. The normalized spacial score (nSPS) is 18.3. The van der Waals surface area contributed by atoms with Gasteiger partial charge in [0.25, 0.3) is 0 Å². The van der Waals surface area contributed by atoms with Gasteiger partial charge in [-0.1, -0.05) is 54.6 Å². The quantitative estimate of drug-likeness (QED) is 0.743. The second-order valence-corrected chi connectivity index (χ2v) is 9.85. The topological polar surface area (TPSA) is 40.6 Å². The Balaban J connectivity index is 1.33. The van der Waals surface area contributed by atoms with Gasteiger partial charge in [-0.3, -0.25) is 4.31 Å². The van der Waals surface area contributed by atoms with Gasteiger partial charge in [0.1, 0.15) is 0 Å². The van der Waals surface area contributed by atoms with Crippen LogP contribution in [0.4, 0.5) is 5.69 Å². The number of sulfonamides is 1. The average Bonchev–Trinajstić information content (AvgIpc) is 3.05. The molecule has 0 unspecified atom stereocenters. The third-order valence-electron chi connectivity index (χ3n) is 6.11. The van der Waals surface area contributed by atoms with Crippen LogP contribution >= 0.6 is 0 Å². The number of piperidine rings is 1. The van der Waals surface area contributed by atoms with Gasteiger partial charge in [0, 0.05) is 12.0 Å². The fourth-order valence-corrected chi connectivity index (χ4v) is 5.53. The predicted octanol–water partition coefficient (Wildman–Crippen LogP) is 3.90. The van der Waals surface area contributed by atoms with Crippen molar-refractivity contribution >= 4 is 21.8 Å². The lowest BCUT2D eigenvalue weighted by Crippen LogP contribution is -2.42. The largest absolute Gasteiger partial charge is 0.303 e. The zero-order valence-electron chi connectivity index (χ0n) is 16.4. The highest BCUT2D eigenvalue weighted by atomic mass is 32.2. The minimum absolute atomic E-state index is 0.204. The van der Waals surface area contributed by atoms with Gasteiger partial charge >= 0.3 is 0 Å². The molecule has 1 saturated heterocycles. The van der Waals surface area contributed by atoms with Crippen LogP contribution in [0.5, 0.6) is 0 Å². The molecule has 1 heterocycles. The Hall–Kier alpha value is -2.11. The molecule has 1 fully saturated rings. The van der Waals surface area contributed by atoms with E-state index in [0.717, 1.165) is 44.6 Å². The highest BCUT2D eigenvalue weighted by molar-refractivity contribution is 7.92. The van der Waals surface area contributed by atoms with Crippen LogP contribution in [0, 0.1) is 0 Å². The van der Waals surface area contributed by atoms with Crippen molar-refractivity contribution in [2.75, 3.05) is 36.7 Å². The van der Waals surface area contributed by atoms with Crippen LogP contribution in [0.3, 0.4) is 0 Å². The van der Waals surface area contributed by atoms with E-state index in [1.165, 1.54) is 21.7 Å². The van der Waals surface area contributed by atoms with Crippen LogP contribution in [0.1, 0.15) is 30.4 Å². The van der Waals surface area contributed by atoms with Crippen molar-refractivity contribution in [1.29, 1.82) is 0 Å². The number of allylic oxidation sites excluding steroid dienone is 1. The first-order valence-corrected chi connectivity index (χ1v) is 11.9. The third-order valence-corrected chi connectivity index (χ3v) is 7.30. The van der Waals surface area contributed by atoms with E-state index in [1.807, 2.05) is 30.3 Å². The fraction of sp³-hybridized carbons (Fsp3) is 0.391. The summed E-state index contributed by atoms with van der Waals surface area (Å²) in [4.78, 5) is 2.48. The van der Waals surface area contributed by atoms with Crippen molar-refractivity contribution in [2.24, 2.45) is 0 Å². The minimum Gasteiger partial charge on any atom is -0.303 e. The first-order valence-electron chi connectivity index (χ1n) is 10.0. The van der Waals surface area contributed by atoms with Crippen LogP contribution in [-0.4, -0.2) is 45.8 Å². The molecule has 4 rings (SSSR count). The van der Waals surface area contributed by atoms with Crippen molar-refractivity contribution < 1.29 is 8.42 Å². The zero-order valence-corrected chi connectivity index (χ0v) is 17.2. The minimum atomic E-state index is -3.27. The SMILES string of the molecule is CS(=O)(=O)N(CCCN1CCC2(C=Cc3ccccc32)CC1)c1ccccc1. The van der Waals surface area contributed by atoms with Gasteiger partial charge in [0.15, 0.2) is 0 Å². The van der Waals surface area contributed by atoms with Crippen LogP contribution in [0.25, 0.3) is 6.08 Å². The van der Waals surface area contributed by atoms with E-state index in [-0.39, 0.29) is 5.41 Å². The van der Waals surface area contributed by atoms with Crippen LogP contribution in [-0.2, 0) is 15.4 Å². The molecule has 1 aliphatic carbocycles. The molecule has 0 bridgehead atoms. The second kappa shape index (κ2) is 7.72. The summed E-state index contributed by atoms with van der Waals surface area (Å²) in [6.45, 7) is 3.57. The Kier molecular flexibility index (Phi) is 5.30. The molecule has 0 N–H and O–H groups in total. The number of nitrogens with zero attached hydrogens (tertiary/aromatic N) is 2. The monoisotopic (exact) mass is 396 g/mol. The number of anilines is 1. The summed E-state index contributed by atoms with van der Waals surface area (Å²) >= 11 is 0. The molecular weight excluding hydrogens is 368 g/mol. The number of hydrogen-bond donors (Lipinski definition) is 0. The second-order valence-electron chi connectivity index (χ2n) is 7.94. The molecule has 5 heteroatoms. The lowest BCUT2D eigenvalue weighted by atomic mass is 9.74. The smallest absolute Gasteiger partial charge is 0.232 e. The predicted molar refractivity (Wildman–Crippen MR) is 116 cm³/mol. The van der Waals surface area contributed by atoms with Crippen molar-refractivity contribution in [3.05, 3.63) is 71.8 Å². The number of likely N-dealkylation sites (tertiary alicyclic amines) is 1. The molecule has 0 atom stereocenters. The number of rotatable bonds is 6. The molecule has 2 aliphatic rings. The van der Waals surface area contributed by atoms with Crippen LogP contribution in [0.2, 0.25) is 0 Å². The Labute approximate surface area is 168 Å². The molecule has 1 aliphatic heterocycles. The van der Waals surface area contributed by atoms with Crippen molar-refractivity contribution in [3.8, 4) is 0 Å². The average molecular weight is 397 g/mol. The maximum absolute atomic E-state index is 12.2. The molecule has 0 saturated carbocycles. The first kappa shape index (κ1) is 19.2. The fourth-order valence-electron chi connectivity index (χ4n) is 4.57. The number of para-hydroxylation sites is 1. The number of hydrogen-bond acceptors (Lipinski definition) is 3. The third kappa shape index (κ3) is 3.87. The Morgan fingerprint density at radius 2 is 1.68 bits per heavy atom. The zero-order chi connectivity index (χ0) is 19.6. The molecule has 0 radical (unpaired) electrons. The van der Waals surface area contributed by atoms with Crippen molar-refractivity contribution in [1.82, 2.24) is 4.90 Å². The summed E-state index contributed by atoms with van der Waals surface area (Å²) in [7, 11) is -3.27. The van der Waals surface area contributed by atoms with E-state index < -0.39 is 10.0 Å². The summed E-state index contributed by atoms with van der Waals surface area (Å²) in [5.41, 5.74) is 3.79. The highest BCUT2D eigenvalue weighted by Crippen LogP contribution is 2.43.